The summed E-state index contributed by atoms with van der Waals surface area (Å²) in [5, 5.41) is 3.63. The summed E-state index contributed by atoms with van der Waals surface area (Å²) < 4.78 is 10.6. The van der Waals surface area contributed by atoms with Gasteiger partial charge in [0.2, 0.25) is 5.95 Å². The Hall–Kier alpha value is -2.99. The van der Waals surface area contributed by atoms with E-state index in [2.05, 4.69) is 15.3 Å². The number of hydrogen-bond donors (Lipinski definition) is 1. The molecule has 3 rings (SSSR count). The van der Waals surface area contributed by atoms with Gasteiger partial charge in [-0.1, -0.05) is 29.8 Å². The summed E-state index contributed by atoms with van der Waals surface area (Å²) in [5.41, 5.74) is 1.69. The number of methoxy groups -OCH3 is 2. The van der Waals surface area contributed by atoms with Crippen molar-refractivity contribution in [2.24, 2.45) is 0 Å². The van der Waals surface area contributed by atoms with Crippen LogP contribution in [0.3, 0.4) is 0 Å². The summed E-state index contributed by atoms with van der Waals surface area (Å²) in [6.45, 7) is 0. The summed E-state index contributed by atoms with van der Waals surface area (Å²) in [7, 11) is 5.08. The summed E-state index contributed by atoms with van der Waals surface area (Å²) in [5.74, 6) is 2.30. The van der Waals surface area contributed by atoms with Crippen LogP contribution in [0, 0.1) is 0 Å². The lowest BCUT2D eigenvalue weighted by molar-refractivity contribution is 0.405. The predicted molar refractivity (Wildman–Crippen MR) is 104 cm³/mol. The highest BCUT2D eigenvalue weighted by molar-refractivity contribution is 6.32. The Balaban J connectivity index is 1.90. The zero-order chi connectivity index (χ0) is 18.5. The molecule has 7 heteroatoms. The second kappa shape index (κ2) is 7.93. The van der Waals surface area contributed by atoms with E-state index in [0.717, 1.165) is 11.5 Å². The van der Waals surface area contributed by atoms with Gasteiger partial charge in [-0.3, -0.25) is 0 Å². The molecule has 26 heavy (non-hydrogen) atoms. The highest BCUT2D eigenvalue weighted by Gasteiger charge is 2.12. The van der Waals surface area contributed by atoms with Gasteiger partial charge in [-0.2, -0.15) is 4.98 Å². The van der Waals surface area contributed by atoms with Crippen molar-refractivity contribution >= 4 is 34.7 Å². The van der Waals surface area contributed by atoms with E-state index in [1.165, 1.54) is 0 Å². The van der Waals surface area contributed by atoms with E-state index < -0.39 is 0 Å². The normalized spacial score (nSPS) is 10.3. The summed E-state index contributed by atoms with van der Waals surface area (Å²) >= 11 is 6.15. The molecule has 0 aliphatic rings. The molecule has 0 atom stereocenters. The van der Waals surface area contributed by atoms with Gasteiger partial charge in [0.25, 0.3) is 0 Å². The van der Waals surface area contributed by atoms with Crippen LogP contribution in [0.5, 0.6) is 11.5 Å². The molecule has 0 unspecified atom stereocenters. The molecule has 1 aromatic heterocycles. The van der Waals surface area contributed by atoms with E-state index in [9.17, 15) is 0 Å². The molecule has 0 saturated carbocycles. The van der Waals surface area contributed by atoms with Crippen molar-refractivity contribution in [1.29, 1.82) is 0 Å². The van der Waals surface area contributed by atoms with E-state index in [1.54, 1.807) is 32.5 Å². The van der Waals surface area contributed by atoms with E-state index >= 15 is 0 Å². The van der Waals surface area contributed by atoms with Crippen molar-refractivity contribution in [2.45, 2.75) is 0 Å². The molecule has 1 heterocycles. The molecule has 0 amide bonds. The third-order valence-corrected chi connectivity index (χ3v) is 4.14. The molecule has 0 fully saturated rings. The number of hydrogen-bond acceptors (Lipinski definition) is 6. The fourth-order valence-corrected chi connectivity index (χ4v) is 2.69. The lowest BCUT2D eigenvalue weighted by atomic mass is 10.2. The smallest absolute Gasteiger partial charge is 0.229 e. The Labute approximate surface area is 157 Å². The minimum atomic E-state index is 0.438. The molecule has 134 valence electrons. The zero-order valence-electron chi connectivity index (χ0n) is 14.7. The number of nitrogens with zero attached hydrogens (tertiary/aromatic N) is 3. The van der Waals surface area contributed by atoms with Gasteiger partial charge >= 0.3 is 0 Å². The highest BCUT2D eigenvalue weighted by atomic mass is 35.5. The van der Waals surface area contributed by atoms with Crippen LogP contribution >= 0.6 is 11.6 Å². The first-order valence-electron chi connectivity index (χ1n) is 7.92. The third-order valence-electron chi connectivity index (χ3n) is 3.85. The third kappa shape index (κ3) is 3.81. The van der Waals surface area contributed by atoms with Crippen LogP contribution in [0.15, 0.2) is 54.7 Å². The largest absolute Gasteiger partial charge is 0.495 e. The lowest BCUT2D eigenvalue weighted by Crippen LogP contribution is -2.12. The molecular weight excluding hydrogens is 352 g/mol. The maximum atomic E-state index is 6.15. The Kier molecular flexibility index (Phi) is 5.43. The van der Waals surface area contributed by atoms with Crippen LogP contribution in [0.4, 0.5) is 23.1 Å². The first kappa shape index (κ1) is 17.8. The standard InChI is InChI=1S/C19H19ClN4O2/c1-24(13-7-5-4-6-8-13)18-9-10-21-19(23-18)22-15-12-16(25-2)14(20)11-17(15)26-3/h4-12H,1-3H3,(H,21,22,23). The molecule has 0 radical (unpaired) electrons. The molecule has 0 saturated heterocycles. The van der Waals surface area contributed by atoms with Crippen LogP contribution < -0.4 is 19.7 Å². The van der Waals surface area contributed by atoms with Gasteiger partial charge in [0, 0.05) is 31.1 Å². The van der Waals surface area contributed by atoms with Crippen molar-refractivity contribution in [1.82, 2.24) is 9.97 Å². The van der Waals surface area contributed by atoms with Gasteiger partial charge in [0.15, 0.2) is 0 Å². The first-order valence-corrected chi connectivity index (χ1v) is 8.30. The molecule has 0 aliphatic heterocycles. The number of nitrogens with one attached hydrogen (secondary N) is 1. The molecule has 2 aromatic carbocycles. The minimum absolute atomic E-state index is 0.438. The molecule has 0 spiro atoms. The fraction of sp³-hybridized carbons (Fsp3) is 0.158. The van der Waals surface area contributed by atoms with Crippen LogP contribution in [0.2, 0.25) is 5.02 Å². The maximum absolute atomic E-state index is 6.15. The van der Waals surface area contributed by atoms with Crippen molar-refractivity contribution < 1.29 is 9.47 Å². The Morgan fingerprint density at radius 2 is 1.73 bits per heavy atom. The van der Waals surface area contributed by atoms with Gasteiger partial charge in [-0.25, -0.2) is 4.98 Å². The molecule has 6 nitrogen and oxygen atoms in total. The van der Waals surface area contributed by atoms with Gasteiger partial charge in [0.05, 0.1) is 24.9 Å². The second-order valence-corrected chi connectivity index (χ2v) is 5.85. The highest BCUT2D eigenvalue weighted by Crippen LogP contribution is 2.37. The van der Waals surface area contributed by atoms with Gasteiger partial charge in [-0.15, -0.1) is 0 Å². The molecular formula is C19H19ClN4O2. The first-order chi connectivity index (χ1) is 12.6. The van der Waals surface area contributed by atoms with Crippen LogP contribution in [0.1, 0.15) is 0 Å². The number of ether oxygens (including phenoxy) is 2. The quantitative estimate of drug-likeness (QED) is 0.681. The Morgan fingerprint density at radius 1 is 1.00 bits per heavy atom. The SMILES string of the molecule is COc1cc(Nc2nccc(N(C)c3ccccc3)n2)c(OC)cc1Cl. The number of anilines is 4. The minimum Gasteiger partial charge on any atom is -0.495 e. The van der Waals surface area contributed by atoms with E-state index in [0.29, 0.717) is 28.2 Å². The average Bonchev–Trinajstić information content (AvgIpc) is 2.69. The summed E-state index contributed by atoms with van der Waals surface area (Å²) in [6.07, 6.45) is 1.70. The van der Waals surface area contributed by atoms with E-state index in [-0.39, 0.29) is 0 Å². The van der Waals surface area contributed by atoms with Crippen LogP contribution in [-0.4, -0.2) is 31.2 Å². The number of halogens is 1. The average molecular weight is 371 g/mol. The van der Waals surface area contributed by atoms with Gasteiger partial charge < -0.3 is 19.7 Å². The van der Waals surface area contributed by atoms with Crippen LogP contribution in [0.25, 0.3) is 0 Å². The second-order valence-electron chi connectivity index (χ2n) is 5.45. The molecule has 3 aromatic rings. The topological polar surface area (TPSA) is 59.5 Å². The fourth-order valence-electron chi connectivity index (χ4n) is 2.46. The van der Waals surface area contributed by atoms with Crippen molar-refractivity contribution in [3.8, 4) is 11.5 Å². The van der Waals surface area contributed by atoms with Gasteiger partial charge in [-0.05, 0) is 18.2 Å². The van der Waals surface area contributed by atoms with Crippen molar-refractivity contribution in [3.05, 3.63) is 59.8 Å². The number of rotatable bonds is 6. The lowest BCUT2D eigenvalue weighted by Gasteiger charge is -2.19. The predicted octanol–water partition coefficient (Wildman–Crippen LogP) is 4.66. The number of aromatic nitrogens is 2. The van der Waals surface area contributed by atoms with E-state index in [4.69, 9.17) is 21.1 Å². The zero-order valence-corrected chi connectivity index (χ0v) is 15.5. The van der Waals surface area contributed by atoms with Crippen molar-refractivity contribution in [2.75, 3.05) is 31.5 Å². The maximum Gasteiger partial charge on any atom is 0.229 e. The Bertz CT molecular complexity index is 890. The monoisotopic (exact) mass is 370 g/mol. The summed E-state index contributed by atoms with van der Waals surface area (Å²) in [6, 6.07) is 15.3. The number of benzene rings is 2. The Morgan fingerprint density at radius 3 is 2.42 bits per heavy atom. The van der Waals surface area contributed by atoms with Gasteiger partial charge in [0.1, 0.15) is 17.3 Å². The molecule has 0 aliphatic carbocycles. The van der Waals surface area contributed by atoms with Crippen molar-refractivity contribution in [3.63, 3.8) is 0 Å². The van der Waals surface area contributed by atoms with Crippen LogP contribution in [-0.2, 0) is 0 Å². The molecule has 1 N–H and O–H groups in total. The molecule has 0 bridgehead atoms. The van der Waals surface area contributed by atoms with E-state index in [1.807, 2.05) is 48.3 Å². The summed E-state index contributed by atoms with van der Waals surface area (Å²) in [4.78, 5) is 10.8. The number of para-hydroxylation sites is 1.